The third kappa shape index (κ3) is 5.12. The Bertz CT molecular complexity index is 1200. The lowest BCUT2D eigenvalue weighted by atomic mass is 10.1. The first-order valence-corrected chi connectivity index (χ1v) is 10.5. The molecule has 0 radical (unpaired) electrons. The van der Waals surface area contributed by atoms with Crippen LogP contribution in [0.5, 0.6) is 5.75 Å². The quantitative estimate of drug-likeness (QED) is 0.452. The molecule has 0 bridgehead atoms. The Morgan fingerprint density at radius 1 is 1.00 bits per heavy atom. The minimum absolute atomic E-state index is 0.0173. The minimum atomic E-state index is -0.0173. The van der Waals surface area contributed by atoms with Gasteiger partial charge in [0.15, 0.2) is 0 Å². The fraction of sp³-hybridized carbons (Fsp3) is 0.231. The largest absolute Gasteiger partial charge is 0.493 e. The van der Waals surface area contributed by atoms with E-state index < -0.39 is 0 Å². The first-order valence-electron chi connectivity index (χ1n) is 10.5. The summed E-state index contributed by atoms with van der Waals surface area (Å²) in [5.74, 6) is 0.823. The van der Waals surface area contributed by atoms with E-state index in [2.05, 4.69) is 46.1 Å². The third-order valence-electron chi connectivity index (χ3n) is 5.50. The van der Waals surface area contributed by atoms with Crippen LogP contribution in [0.3, 0.4) is 0 Å². The zero-order chi connectivity index (χ0) is 21.6. The van der Waals surface area contributed by atoms with E-state index in [1.54, 1.807) is 0 Å². The van der Waals surface area contributed by atoms with Gasteiger partial charge in [-0.3, -0.25) is 4.79 Å². The van der Waals surface area contributed by atoms with Crippen LogP contribution in [0.25, 0.3) is 11.0 Å². The topological polar surface area (TPSA) is 56.1 Å². The van der Waals surface area contributed by atoms with Gasteiger partial charge >= 0.3 is 0 Å². The molecule has 3 aromatic carbocycles. The third-order valence-corrected chi connectivity index (χ3v) is 5.50. The van der Waals surface area contributed by atoms with E-state index in [0.29, 0.717) is 19.6 Å². The van der Waals surface area contributed by atoms with Gasteiger partial charge in [-0.15, -0.1) is 0 Å². The number of imidazole rings is 1. The summed E-state index contributed by atoms with van der Waals surface area (Å²) in [5.41, 5.74) is 6.66. The smallest absolute Gasteiger partial charge is 0.223 e. The van der Waals surface area contributed by atoms with Gasteiger partial charge in [-0.1, -0.05) is 48.5 Å². The first kappa shape index (κ1) is 20.7. The Morgan fingerprint density at radius 2 is 1.81 bits per heavy atom. The van der Waals surface area contributed by atoms with Crippen molar-refractivity contribution in [2.45, 2.75) is 33.4 Å². The van der Waals surface area contributed by atoms with E-state index in [9.17, 15) is 4.79 Å². The van der Waals surface area contributed by atoms with Gasteiger partial charge in [-0.05, 0) is 54.3 Å². The number of fused-ring (bicyclic) bond motifs is 1. The van der Waals surface area contributed by atoms with Crippen LogP contribution in [-0.4, -0.2) is 22.1 Å². The number of nitrogens with zero attached hydrogens (tertiary/aromatic N) is 2. The van der Waals surface area contributed by atoms with Crippen molar-refractivity contribution in [1.29, 1.82) is 0 Å². The number of nitrogens with one attached hydrogen (secondary N) is 1. The number of para-hydroxylation sites is 2. The second kappa shape index (κ2) is 9.47. The molecule has 0 aliphatic rings. The molecule has 158 valence electrons. The lowest BCUT2D eigenvalue weighted by Crippen LogP contribution is -2.24. The van der Waals surface area contributed by atoms with E-state index in [-0.39, 0.29) is 5.91 Å². The van der Waals surface area contributed by atoms with Crippen molar-refractivity contribution in [3.63, 3.8) is 0 Å². The van der Waals surface area contributed by atoms with E-state index in [0.717, 1.165) is 34.5 Å². The molecule has 0 atom stereocenters. The summed E-state index contributed by atoms with van der Waals surface area (Å²) in [7, 11) is 0. The van der Waals surface area contributed by atoms with E-state index >= 15 is 0 Å². The second-order valence-electron chi connectivity index (χ2n) is 7.75. The van der Waals surface area contributed by atoms with Crippen molar-refractivity contribution in [2.75, 3.05) is 6.61 Å². The Labute approximate surface area is 182 Å². The van der Waals surface area contributed by atoms with Crippen molar-refractivity contribution in [1.82, 2.24) is 14.9 Å². The van der Waals surface area contributed by atoms with Gasteiger partial charge in [0.25, 0.3) is 0 Å². The molecule has 5 nitrogen and oxygen atoms in total. The van der Waals surface area contributed by atoms with Gasteiger partial charge in [-0.25, -0.2) is 4.98 Å². The van der Waals surface area contributed by atoms with Gasteiger partial charge in [0.1, 0.15) is 5.75 Å². The maximum absolute atomic E-state index is 12.2. The average molecular weight is 414 g/mol. The average Bonchev–Trinajstić information content (AvgIpc) is 3.18. The van der Waals surface area contributed by atoms with Crippen LogP contribution in [0, 0.1) is 13.8 Å². The standard InChI is InChI=1S/C26H27N3O2/c1-19-7-5-12-25(20(19)2)31-14-13-26(30)27-16-21-8-6-9-22(15-21)17-29-18-28-23-10-3-4-11-24(23)29/h3-12,15,18H,13-14,16-17H2,1-2H3,(H,27,30). The highest BCUT2D eigenvalue weighted by atomic mass is 16.5. The first-order chi connectivity index (χ1) is 15.1. The van der Waals surface area contributed by atoms with Crippen molar-refractivity contribution < 1.29 is 9.53 Å². The van der Waals surface area contributed by atoms with Crippen LogP contribution >= 0.6 is 0 Å². The van der Waals surface area contributed by atoms with Gasteiger partial charge in [0.05, 0.1) is 30.4 Å². The van der Waals surface area contributed by atoms with Crippen LogP contribution in [0.4, 0.5) is 0 Å². The molecule has 1 amide bonds. The Kier molecular flexibility index (Phi) is 6.32. The second-order valence-corrected chi connectivity index (χ2v) is 7.75. The lowest BCUT2D eigenvalue weighted by Gasteiger charge is -2.11. The number of aryl methyl sites for hydroxylation is 1. The highest BCUT2D eigenvalue weighted by Crippen LogP contribution is 2.20. The predicted octanol–water partition coefficient (Wildman–Crippen LogP) is 4.79. The van der Waals surface area contributed by atoms with Crippen LogP contribution in [0.2, 0.25) is 0 Å². The zero-order valence-electron chi connectivity index (χ0n) is 18.0. The predicted molar refractivity (Wildman–Crippen MR) is 123 cm³/mol. The van der Waals surface area contributed by atoms with Gasteiger partial charge in [0.2, 0.25) is 5.91 Å². The fourth-order valence-electron chi connectivity index (χ4n) is 3.59. The van der Waals surface area contributed by atoms with Gasteiger partial charge in [-0.2, -0.15) is 0 Å². The van der Waals surface area contributed by atoms with Crippen molar-refractivity contribution in [3.05, 3.63) is 95.3 Å². The molecule has 0 aliphatic heterocycles. The monoisotopic (exact) mass is 413 g/mol. The molecule has 4 rings (SSSR count). The molecule has 1 heterocycles. The number of carbonyl (C=O) groups is 1. The van der Waals surface area contributed by atoms with Gasteiger partial charge in [0, 0.05) is 13.1 Å². The van der Waals surface area contributed by atoms with Crippen molar-refractivity contribution in [3.8, 4) is 5.75 Å². The van der Waals surface area contributed by atoms with E-state index in [1.807, 2.05) is 55.7 Å². The number of ether oxygens (including phenoxy) is 1. The number of hydrogen-bond acceptors (Lipinski definition) is 3. The zero-order valence-corrected chi connectivity index (χ0v) is 18.0. The number of carbonyl (C=O) groups excluding carboxylic acids is 1. The number of hydrogen-bond donors (Lipinski definition) is 1. The molecule has 0 fully saturated rings. The summed E-state index contributed by atoms with van der Waals surface area (Å²) in [6, 6.07) is 22.4. The van der Waals surface area contributed by atoms with E-state index in [4.69, 9.17) is 4.74 Å². The number of aromatic nitrogens is 2. The maximum Gasteiger partial charge on any atom is 0.223 e. The number of rotatable bonds is 8. The molecule has 5 heteroatoms. The summed E-state index contributed by atoms with van der Waals surface area (Å²) in [6.45, 7) is 5.69. The molecule has 1 aromatic heterocycles. The Hall–Kier alpha value is -3.60. The molecule has 4 aromatic rings. The Morgan fingerprint density at radius 3 is 2.71 bits per heavy atom. The van der Waals surface area contributed by atoms with Crippen molar-refractivity contribution in [2.24, 2.45) is 0 Å². The molecule has 1 N–H and O–H groups in total. The van der Waals surface area contributed by atoms with E-state index in [1.165, 1.54) is 11.1 Å². The molecule has 0 saturated heterocycles. The highest BCUT2D eigenvalue weighted by molar-refractivity contribution is 5.76. The van der Waals surface area contributed by atoms with Crippen LogP contribution < -0.4 is 10.1 Å². The number of benzene rings is 3. The lowest BCUT2D eigenvalue weighted by molar-refractivity contribution is -0.121. The molecule has 31 heavy (non-hydrogen) atoms. The molecular formula is C26H27N3O2. The van der Waals surface area contributed by atoms with Crippen LogP contribution in [-0.2, 0) is 17.9 Å². The van der Waals surface area contributed by atoms with Crippen LogP contribution in [0.1, 0.15) is 28.7 Å². The summed E-state index contributed by atoms with van der Waals surface area (Å²) in [5, 5.41) is 2.99. The Balaban J connectivity index is 1.29. The summed E-state index contributed by atoms with van der Waals surface area (Å²) < 4.78 is 7.92. The molecule has 0 aliphatic carbocycles. The number of amides is 1. The highest BCUT2D eigenvalue weighted by Gasteiger charge is 2.06. The minimum Gasteiger partial charge on any atom is -0.493 e. The molecular weight excluding hydrogens is 386 g/mol. The van der Waals surface area contributed by atoms with Crippen LogP contribution in [0.15, 0.2) is 73.1 Å². The van der Waals surface area contributed by atoms with Gasteiger partial charge < -0.3 is 14.6 Å². The SMILES string of the molecule is Cc1cccc(OCCC(=O)NCc2cccc(Cn3cnc4ccccc43)c2)c1C. The summed E-state index contributed by atoms with van der Waals surface area (Å²) in [4.78, 5) is 16.7. The maximum atomic E-state index is 12.2. The normalized spacial score (nSPS) is 10.9. The van der Waals surface area contributed by atoms with Crippen molar-refractivity contribution >= 4 is 16.9 Å². The summed E-state index contributed by atoms with van der Waals surface area (Å²) in [6.07, 6.45) is 2.20. The molecule has 0 spiro atoms. The molecule has 0 unspecified atom stereocenters. The molecule has 0 saturated carbocycles. The summed E-state index contributed by atoms with van der Waals surface area (Å²) >= 11 is 0. The fourth-order valence-corrected chi connectivity index (χ4v) is 3.59.